The lowest BCUT2D eigenvalue weighted by molar-refractivity contribution is -0.115. The molecule has 0 bridgehead atoms. The largest absolute Gasteiger partial charge is 0.374 e. The van der Waals surface area contributed by atoms with Crippen molar-refractivity contribution >= 4 is 17.2 Å². The first-order chi connectivity index (χ1) is 13.7. The van der Waals surface area contributed by atoms with Crippen LogP contribution in [-0.2, 0) is 22.6 Å². The maximum Gasteiger partial charge on any atom is 0.230 e. The standard InChI is InChI=1S/C23H27N3O2/c1-17-7-6-12-26-15-20(25-23(17)26)14-22(27)24-19-9-5-8-18(13-19)16-28-21-10-3-2-4-11-21/h5-9,12-13,15,21H,2-4,10-11,14,16H2,1H3,(H,24,27). The van der Waals surface area contributed by atoms with Gasteiger partial charge in [-0.25, -0.2) is 4.98 Å². The fourth-order valence-electron chi connectivity index (χ4n) is 3.84. The molecular weight excluding hydrogens is 350 g/mol. The van der Waals surface area contributed by atoms with Crippen LogP contribution >= 0.6 is 0 Å². The van der Waals surface area contributed by atoms with Crippen molar-refractivity contribution in [2.24, 2.45) is 0 Å². The quantitative estimate of drug-likeness (QED) is 0.679. The van der Waals surface area contributed by atoms with Gasteiger partial charge < -0.3 is 14.5 Å². The van der Waals surface area contributed by atoms with E-state index in [4.69, 9.17) is 4.74 Å². The predicted octanol–water partition coefficient (Wildman–Crippen LogP) is 4.67. The first kappa shape index (κ1) is 18.7. The first-order valence-electron chi connectivity index (χ1n) is 10.1. The maximum atomic E-state index is 12.5. The molecule has 0 spiro atoms. The van der Waals surface area contributed by atoms with Gasteiger partial charge in [0, 0.05) is 18.1 Å². The van der Waals surface area contributed by atoms with Gasteiger partial charge in [-0.2, -0.15) is 0 Å². The van der Waals surface area contributed by atoms with E-state index in [-0.39, 0.29) is 12.3 Å². The molecule has 3 aromatic rings. The zero-order chi connectivity index (χ0) is 19.3. The molecule has 4 rings (SSSR count). The number of ether oxygens (including phenoxy) is 1. The molecule has 1 aromatic carbocycles. The van der Waals surface area contributed by atoms with Gasteiger partial charge in [0.05, 0.1) is 24.8 Å². The van der Waals surface area contributed by atoms with Crippen LogP contribution in [-0.4, -0.2) is 21.4 Å². The Morgan fingerprint density at radius 1 is 1.21 bits per heavy atom. The molecule has 1 fully saturated rings. The summed E-state index contributed by atoms with van der Waals surface area (Å²) in [7, 11) is 0. The van der Waals surface area contributed by atoms with Crippen molar-refractivity contribution in [3.05, 3.63) is 65.6 Å². The highest BCUT2D eigenvalue weighted by molar-refractivity contribution is 5.92. The van der Waals surface area contributed by atoms with Crippen LogP contribution in [0.5, 0.6) is 0 Å². The Morgan fingerprint density at radius 2 is 2.07 bits per heavy atom. The molecular formula is C23H27N3O2. The molecule has 1 aliphatic rings. The second kappa shape index (κ2) is 8.57. The third-order valence-electron chi connectivity index (χ3n) is 5.32. The lowest BCUT2D eigenvalue weighted by Crippen LogP contribution is -2.17. The number of hydrogen-bond donors (Lipinski definition) is 1. The highest BCUT2D eigenvalue weighted by Gasteiger charge is 2.14. The van der Waals surface area contributed by atoms with Crippen LogP contribution in [0.15, 0.2) is 48.8 Å². The summed E-state index contributed by atoms with van der Waals surface area (Å²) >= 11 is 0. The number of rotatable bonds is 6. The molecule has 2 heterocycles. The maximum absolute atomic E-state index is 12.5. The Labute approximate surface area is 165 Å². The van der Waals surface area contributed by atoms with E-state index in [0.29, 0.717) is 12.7 Å². The van der Waals surface area contributed by atoms with Crippen molar-refractivity contribution in [2.75, 3.05) is 5.32 Å². The molecule has 1 aliphatic carbocycles. The Kier molecular flexibility index (Phi) is 5.72. The smallest absolute Gasteiger partial charge is 0.230 e. The number of aromatic nitrogens is 2. The van der Waals surface area contributed by atoms with Gasteiger partial charge >= 0.3 is 0 Å². The summed E-state index contributed by atoms with van der Waals surface area (Å²) in [6.45, 7) is 2.62. The highest BCUT2D eigenvalue weighted by Crippen LogP contribution is 2.22. The van der Waals surface area contributed by atoms with Crippen molar-refractivity contribution in [3.8, 4) is 0 Å². The lowest BCUT2D eigenvalue weighted by atomic mass is 9.98. The van der Waals surface area contributed by atoms with E-state index in [1.807, 2.05) is 60.1 Å². The number of amides is 1. The molecule has 5 heteroatoms. The summed E-state index contributed by atoms with van der Waals surface area (Å²) in [6.07, 6.45) is 10.7. The second-order valence-electron chi connectivity index (χ2n) is 7.65. The fraction of sp³-hybridized carbons (Fsp3) is 0.391. The molecule has 1 amide bonds. The van der Waals surface area contributed by atoms with Crippen molar-refractivity contribution in [1.29, 1.82) is 0 Å². The molecule has 1 saturated carbocycles. The van der Waals surface area contributed by atoms with Crippen LogP contribution in [0.3, 0.4) is 0 Å². The number of carbonyl (C=O) groups excluding carboxylic acids is 1. The van der Waals surface area contributed by atoms with E-state index in [2.05, 4.69) is 10.3 Å². The zero-order valence-corrected chi connectivity index (χ0v) is 16.4. The summed E-state index contributed by atoms with van der Waals surface area (Å²) in [4.78, 5) is 17.0. The molecule has 0 atom stereocenters. The van der Waals surface area contributed by atoms with Crippen molar-refractivity contribution in [1.82, 2.24) is 9.38 Å². The van der Waals surface area contributed by atoms with Gasteiger partial charge in [0.25, 0.3) is 0 Å². The van der Waals surface area contributed by atoms with Gasteiger partial charge in [-0.05, 0) is 49.1 Å². The van der Waals surface area contributed by atoms with E-state index in [1.54, 1.807) is 0 Å². The number of benzene rings is 1. The average Bonchev–Trinajstić information content (AvgIpc) is 3.11. The Balaban J connectivity index is 1.35. The summed E-state index contributed by atoms with van der Waals surface area (Å²) in [5.41, 5.74) is 4.65. The van der Waals surface area contributed by atoms with Gasteiger partial charge in [-0.1, -0.05) is 37.5 Å². The monoisotopic (exact) mass is 377 g/mol. The molecule has 0 unspecified atom stereocenters. The fourth-order valence-corrected chi connectivity index (χ4v) is 3.84. The van der Waals surface area contributed by atoms with Gasteiger partial charge in [-0.15, -0.1) is 0 Å². The first-order valence-corrected chi connectivity index (χ1v) is 10.1. The van der Waals surface area contributed by atoms with Crippen LogP contribution in [0.1, 0.15) is 48.9 Å². The number of hydrogen-bond acceptors (Lipinski definition) is 3. The number of carbonyl (C=O) groups is 1. The zero-order valence-electron chi connectivity index (χ0n) is 16.4. The third kappa shape index (κ3) is 4.60. The van der Waals surface area contributed by atoms with Crippen LogP contribution in [0.4, 0.5) is 5.69 Å². The topological polar surface area (TPSA) is 55.6 Å². The number of aryl methyl sites for hydroxylation is 1. The number of nitrogens with one attached hydrogen (secondary N) is 1. The Morgan fingerprint density at radius 3 is 2.89 bits per heavy atom. The van der Waals surface area contributed by atoms with Gasteiger partial charge in [-0.3, -0.25) is 4.79 Å². The van der Waals surface area contributed by atoms with Gasteiger partial charge in [0.15, 0.2) is 0 Å². The van der Waals surface area contributed by atoms with E-state index < -0.39 is 0 Å². The molecule has 1 N–H and O–H groups in total. The number of pyridine rings is 1. The Hall–Kier alpha value is -2.66. The molecule has 0 radical (unpaired) electrons. The van der Waals surface area contributed by atoms with Crippen molar-refractivity contribution in [3.63, 3.8) is 0 Å². The second-order valence-corrected chi connectivity index (χ2v) is 7.65. The minimum atomic E-state index is -0.0635. The number of fused-ring (bicyclic) bond motifs is 1. The van der Waals surface area contributed by atoms with Crippen molar-refractivity contribution in [2.45, 2.75) is 58.2 Å². The normalized spacial score (nSPS) is 15.0. The summed E-state index contributed by atoms with van der Waals surface area (Å²) < 4.78 is 8.00. The minimum Gasteiger partial charge on any atom is -0.374 e. The molecule has 0 saturated heterocycles. The van der Waals surface area contributed by atoms with Crippen LogP contribution in [0, 0.1) is 6.92 Å². The van der Waals surface area contributed by atoms with E-state index in [1.165, 1.54) is 19.3 Å². The third-order valence-corrected chi connectivity index (χ3v) is 5.32. The number of anilines is 1. The van der Waals surface area contributed by atoms with E-state index >= 15 is 0 Å². The average molecular weight is 377 g/mol. The molecule has 28 heavy (non-hydrogen) atoms. The molecule has 0 aliphatic heterocycles. The summed E-state index contributed by atoms with van der Waals surface area (Å²) in [5, 5.41) is 2.98. The predicted molar refractivity (Wildman–Crippen MR) is 110 cm³/mol. The van der Waals surface area contributed by atoms with Crippen LogP contribution in [0.2, 0.25) is 0 Å². The minimum absolute atomic E-state index is 0.0635. The van der Waals surface area contributed by atoms with Crippen molar-refractivity contribution < 1.29 is 9.53 Å². The van der Waals surface area contributed by atoms with Gasteiger partial charge in [0.2, 0.25) is 5.91 Å². The van der Waals surface area contributed by atoms with Crippen LogP contribution < -0.4 is 5.32 Å². The summed E-state index contributed by atoms with van der Waals surface area (Å²) in [5.74, 6) is -0.0635. The van der Waals surface area contributed by atoms with Crippen LogP contribution in [0.25, 0.3) is 5.65 Å². The molecule has 5 nitrogen and oxygen atoms in total. The lowest BCUT2D eigenvalue weighted by Gasteiger charge is -2.22. The van der Waals surface area contributed by atoms with E-state index in [0.717, 1.165) is 41.0 Å². The highest BCUT2D eigenvalue weighted by atomic mass is 16.5. The van der Waals surface area contributed by atoms with E-state index in [9.17, 15) is 4.79 Å². The number of imidazole rings is 1. The number of nitrogens with zero attached hydrogens (tertiary/aromatic N) is 2. The Bertz CT molecular complexity index is 957. The molecule has 146 valence electrons. The molecule has 2 aromatic heterocycles. The van der Waals surface area contributed by atoms with Gasteiger partial charge in [0.1, 0.15) is 5.65 Å². The SMILES string of the molecule is Cc1cccn2cc(CC(=O)Nc3cccc(COC4CCCCC4)c3)nc12. The summed E-state index contributed by atoms with van der Waals surface area (Å²) in [6, 6.07) is 11.9.